The largest absolute Gasteiger partial charge is 0.497 e. The number of hydrogen-bond donors (Lipinski definition) is 1. The summed E-state index contributed by atoms with van der Waals surface area (Å²) in [5, 5.41) is 3.45. The molecule has 6 heteroatoms. The second-order valence-electron chi connectivity index (χ2n) is 8.21. The maximum absolute atomic E-state index is 6.15. The van der Waals surface area contributed by atoms with Crippen molar-refractivity contribution in [1.29, 1.82) is 0 Å². The summed E-state index contributed by atoms with van der Waals surface area (Å²) in [6.07, 6.45) is 0. The Hall–Kier alpha value is -3.22. The number of nitrogens with one attached hydrogen (secondary N) is 1. The third kappa shape index (κ3) is 5.64. The number of methoxy groups -OCH3 is 2. The molecule has 1 atom stereocenters. The Labute approximate surface area is 202 Å². The second-order valence-corrected chi connectivity index (χ2v) is 8.21. The molecule has 1 fully saturated rings. The van der Waals surface area contributed by atoms with Gasteiger partial charge >= 0.3 is 0 Å². The summed E-state index contributed by atoms with van der Waals surface area (Å²) in [5.74, 6) is 3.09. The fraction of sp³-hybridized carbons (Fsp3) is 0.357. The molecule has 0 bridgehead atoms. The van der Waals surface area contributed by atoms with Gasteiger partial charge in [0, 0.05) is 37.8 Å². The van der Waals surface area contributed by atoms with E-state index < -0.39 is 0 Å². The van der Waals surface area contributed by atoms with Gasteiger partial charge in [0.15, 0.2) is 11.5 Å². The molecule has 0 amide bonds. The molecular weight excluding hydrogens is 428 g/mol. The highest BCUT2D eigenvalue weighted by Crippen LogP contribution is 2.40. The van der Waals surface area contributed by atoms with Gasteiger partial charge in [0.2, 0.25) is 0 Å². The van der Waals surface area contributed by atoms with Crippen molar-refractivity contribution >= 4 is 0 Å². The van der Waals surface area contributed by atoms with Crippen LogP contribution in [0.25, 0.3) is 0 Å². The van der Waals surface area contributed by atoms with Crippen LogP contribution in [0.2, 0.25) is 0 Å². The van der Waals surface area contributed by atoms with Crippen molar-refractivity contribution in [2.45, 2.75) is 19.6 Å². The maximum atomic E-state index is 6.15. The van der Waals surface area contributed by atoms with Crippen LogP contribution >= 0.6 is 0 Å². The first-order chi connectivity index (χ1) is 16.7. The van der Waals surface area contributed by atoms with Crippen molar-refractivity contribution < 1.29 is 18.9 Å². The van der Waals surface area contributed by atoms with E-state index in [0.29, 0.717) is 13.2 Å². The van der Waals surface area contributed by atoms with Crippen LogP contribution in [0.1, 0.15) is 29.7 Å². The molecule has 1 N–H and O–H groups in total. The first-order valence-electron chi connectivity index (χ1n) is 11.8. The van der Waals surface area contributed by atoms with Crippen LogP contribution in [0.5, 0.6) is 23.0 Å². The summed E-state index contributed by atoms with van der Waals surface area (Å²) >= 11 is 0. The molecule has 0 aromatic heterocycles. The Morgan fingerprint density at radius 3 is 2.32 bits per heavy atom. The summed E-state index contributed by atoms with van der Waals surface area (Å²) in [4.78, 5) is 2.48. The molecule has 180 valence electrons. The lowest BCUT2D eigenvalue weighted by Gasteiger charge is -2.36. The highest BCUT2D eigenvalue weighted by molar-refractivity contribution is 5.50. The molecule has 0 aliphatic carbocycles. The zero-order valence-corrected chi connectivity index (χ0v) is 20.3. The predicted octanol–water partition coefficient (Wildman–Crippen LogP) is 4.68. The van der Waals surface area contributed by atoms with Gasteiger partial charge in [0.05, 0.1) is 26.9 Å². The van der Waals surface area contributed by atoms with Crippen LogP contribution in [-0.2, 0) is 6.61 Å². The summed E-state index contributed by atoms with van der Waals surface area (Å²) < 4.78 is 23.4. The lowest BCUT2D eigenvalue weighted by atomic mass is 9.95. The summed E-state index contributed by atoms with van der Waals surface area (Å²) in [6.45, 7) is 6.83. The van der Waals surface area contributed by atoms with Crippen LogP contribution in [0.4, 0.5) is 0 Å². The van der Waals surface area contributed by atoms with Gasteiger partial charge < -0.3 is 24.3 Å². The standard InChI is InChI=1S/C28H34N2O4/c1-4-33-27-18-22(10-13-25(27)34-20-21-8-6-5-7-9-21)28(30-16-14-29-15-17-30)24-12-11-23(31-2)19-26(24)32-3/h5-13,18-19,28-29H,4,14-17,20H2,1-3H3. The number of piperazine rings is 1. The van der Waals surface area contributed by atoms with Gasteiger partial charge in [-0.05, 0) is 42.3 Å². The van der Waals surface area contributed by atoms with Gasteiger partial charge in [-0.25, -0.2) is 0 Å². The minimum atomic E-state index is 0.0188. The normalized spacial score (nSPS) is 14.9. The van der Waals surface area contributed by atoms with Crippen LogP contribution in [0.15, 0.2) is 66.7 Å². The molecule has 1 aliphatic heterocycles. The summed E-state index contributed by atoms with van der Waals surface area (Å²) in [6, 6.07) is 22.5. The van der Waals surface area contributed by atoms with Crippen molar-refractivity contribution in [3.63, 3.8) is 0 Å². The lowest BCUT2D eigenvalue weighted by Crippen LogP contribution is -2.45. The van der Waals surface area contributed by atoms with Crippen LogP contribution < -0.4 is 24.3 Å². The highest BCUT2D eigenvalue weighted by Gasteiger charge is 2.28. The first kappa shape index (κ1) is 23.9. The third-order valence-corrected chi connectivity index (χ3v) is 6.07. The van der Waals surface area contributed by atoms with Gasteiger partial charge in [0.25, 0.3) is 0 Å². The SMILES string of the molecule is CCOc1cc(C(c2ccc(OC)cc2OC)N2CCNCC2)ccc1OCc1ccccc1. The van der Waals surface area contributed by atoms with E-state index in [9.17, 15) is 0 Å². The van der Waals surface area contributed by atoms with Gasteiger partial charge in [-0.2, -0.15) is 0 Å². The Balaban J connectivity index is 1.70. The van der Waals surface area contributed by atoms with E-state index in [1.807, 2.05) is 43.3 Å². The van der Waals surface area contributed by atoms with Gasteiger partial charge in [-0.15, -0.1) is 0 Å². The molecule has 1 saturated heterocycles. The Morgan fingerprint density at radius 2 is 1.62 bits per heavy atom. The molecule has 1 unspecified atom stereocenters. The van der Waals surface area contributed by atoms with E-state index in [2.05, 4.69) is 40.5 Å². The Bertz CT molecular complexity index is 1050. The molecular formula is C28H34N2O4. The van der Waals surface area contributed by atoms with Gasteiger partial charge in [-0.1, -0.05) is 36.4 Å². The summed E-state index contributed by atoms with van der Waals surface area (Å²) in [7, 11) is 3.38. The minimum absolute atomic E-state index is 0.0188. The molecule has 6 nitrogen and oxygen atoms in total. The predicted molar refractivity (Wildman–Crippen MR) is 134 cm³/mol. The molecule has 4 rings (SSSR count). The van der Waals surface area contributed by atoms with Crippen LogP contribution in [-0.4, -0.2) is 51.9 Å². The monoisotopic (exact) mass is 462 g/mol. The molecule has 34 heavy (non-hydrogen) atoms. The van der Waals surface area contributed by atoms with Crippen molar-refractivity contribution in [3.8, 4) is 23.0 Å². The van der Waals surface area contributed by atoms with E-state index in [1.165, 1.54) is 0 Å². The molecule has 0 saturated carbocycles. The van der Waals surface area contributed by atoms with Gasteiger partial charge in [-0.3, -0.25) is 4.90 Å². The number of nitrogens with zero attached hydrogens (tertiary/aromatic N) is 1. The zero-order valence-electron chi connectivity index (χ0n) is 20.3. The van der Waals surface area contributed by atoms with E-state index in [-0.39, 0.29) is 6.04 Å². The van der Waals surface area contributed by atoms with Crippen molar-refractivity contribution in [3.05, 3.63) is 83.4 Å². The zero-order chi connectivity index (χ0) is 23.8. The molecule has 0 radical (unpaired) electrons. The summed E-state index contributed by atoms with van der Waals surface area (Å²) in [5.41, 5.74) is 3.36. The average molecular weight is 463 g/mol. The topological polar surface area (TPSA) is 52.2 Å². The van der Waals surface area contributed by atoms with Crippen LogP contribution in [0, 0.1) is 0 Å². The van der Waals surface area contributed by atoms with E-state index in [0.717, 1.165) is 65.9 Å². The van der Waals surface area contributed by atoms with E-state index in [4.69, 9.17) is 18.9 Å². The average Bonchev–Trinajstić information content (AvgIpc) is 2.90. The number of hydrogen-bond acceptors (Lipinski definition) is 6. The molecule has 1 heterocycles. The Kier molecular flexibility index (Phi) is 8.28. The number of ether oxygens (including phenoxy) is 4. The smallest absolute Gasteiger partial charge is 0.161 e. The Morgan fingerprint density at radius 1 is 0.824 bits per heavy atom. The lowest BCUT2D eigenvalue weighted by molar-refractivity contribution is 0.194. The van der Waals surface area contributed by atoms with Gasteiger partial charge in [0.1, 0.15) is 18.1 Å². The molecule has 3 aromatic rings. The highest BCUT2D eigenvalue weighted by atomic mass is 16.5. The van der Waals surface area contributed by atoms with Crippen LogP contribution in [0.3, 0.4) is 0 Å². The molecule has 0 spiro atoms. The number of rotatable bonds is 10. The fourth-order valence-electron chi connectivity index (χ4n) is 4.39. The quantitative estimate of drug-likeness (QED) is 0.472. The second kappa shape index (κ2) is 11.8. The van der Waals surface area contributed by atoms with Crippen molar-refractivity contribution in [2.75, 3.05) is 47.0 Å². The third-order valence-electron chi connectivity index (χ3n) is 6.07. The molecule has 1 aliphatic rings. The fourth-order valence-corrected chi connectivity index (χ4v) is 4.39. The van der Waals surface area contributed by atoms with Crippen molar-refractivity contribution in [2.24, 2.45) is 0 Å². The number of benzene rings is 3. The van der Waals surface area contributed by atoms with E-state index >= 15 is 0 Å². The first-order valence-corrected chi connectivity index (χ1v) is 11.8. The van der Waals surface area contributed by atoms with Crippen molar-refractivity contribution in [1.82, 2.24) is 10.2 Å². The maximum Gasteiger partial charge on any atom is 0.161 e. The minimum Gasteiger partial charge on any atom is -0.497 e. The van der Waals surface area contributed by atoms with E-state index in [1.54, 1.807) is 14.2 Å². The molecule has 3 aromatic carbocycles.